The molecule has 2 rings (SSSR count). The van der Waals surface area contributed by atoms with E-state index in [4.69, 9.17) is 13.9 Å². The Labute approximate surface area is 174 Å². The van der Waals surface area contributed by atoms with E-state index in [0.717, 1.165) is 0 Å². The van der Waals surface area contributed by atoms with Crippen LogP contribution in [0.3, 0.4) is 0 Å². The van der Waals surface area contributed by atoms with Crippen LogP contribution in [0.15, 0.2) is 28.4 Å². The van der Waals surface area contributed by atoms with Crippen molar-refractivity contribution in [3.63, 3.8) is 0 Å². The molecule has 0 radical (unpaired) electrons. The summed E-state index contributed by atoms with van der Waals surface area (Å²) in [4.78, 5) is 26.1. The summed E-state index contributed by atoms with van der Waals surface area (Å²) in [5.41, 5.74) is -0.883. The van der Waals surface area contributed by atoms with Crippen LogP contribution in [0.1, 0.15) is 33.4 Å². The van der Waals surface area contributed by atoms with Crippen LogP contribution >= 0.6 is 22.6 Å². The predicted molar refractivity (Wildman–Crippen MR) is 116 cm³/mol. The lowest BCUT2D eigenvalue weighted by atomic mass is 10.2. The lowest BCUT2D eigenvalue weighted by molar-refractivity contribution is -0.0557. The molecule has 1 aliphatic rings. The molecule has 0 aliphatic carbocycles. The maximum absolute atomic E-state index is 12.2. The summed E-state index contributed by atoms with van der Waals surface area (Å²) in [5.74, 6) is 0. The molecular weight excluding hydrogens is 479 g/mol. The summed E-state index contributed by atoms with van der Waals surface area (Å²) < 4.78 is 20.1. The van der Waals surface area contributed by atoms with Crippen molar-refractivity contribution < 1.29 is 13.9 Å². The van der Waals surface area contributed by atoms with Gasteiger partial charge in [0.25, 0.3) is 5.56 Å². The van der Waals surface area contributed by atoms with Crippen LogP contribution in [0.2, 0.25) is 18.1 Å². The van der Waals surface area contributed by atoms with Crippen LogP contribution in [-0.4, -0.2) is 43.3 Å². The summed E-state index contributed by atoms with van der Waals surface area (Å²) in [5, 5.41) is 0.0917. The molecule has 9 heteroatoms. The lowest BCUT2D eigenvalue weighted by Crippen LogP contribution is -2.44. The van der Waals surface area contributed by atoms with Crippen LogP contribution in [0.4, 0.5) is 0 Å². The average molecular weight is 508 g/mol. The molecule has 3 atom stereocenters. The second-order valence-electron chi connectivity index (χ2n) is 8.24. The van der Waals surface area contributed by atoms with Gasteiger partial charge in [0.15, 0.2) is 8.32 Å². The number of H-pyrrole nitrogens is 1. The van der Waals surface area contributed by atoms with Gasteiger partial charge in [0.2, 0.25) is 0 Å². The Morgan fingerprint density at radius 3 is 2.70 bits per heavy atom. The fourth-order valence-electron chi connectivity index (χ4n) is 2.57. The number of halogens is 1. The molecule has 0 aromatic carbocycles. The number of nitrogens with one attached hydrogen (secondary N) is 1. The van der Waals surface area contributed by atoms with Gasteiger partial charge in [0.05, 0.1) is 22.9 Å². The molecule has 1 aromatic heterocycles. The van der Waals surface area contributed by atoms with Gasteiger partial charge in [-0.1, -0.05) is 26.8 Å². The van der Waals surface area contributed by atoms with Crippen molar-refractivity contribution in [2.45, 2.75) is 63.8 Å². The van der Waals surface area contributed by atoms with Crippen molar-refractivity contribution in [2.24, 2.45) is 0 Å². The SMILES string of the molecule is C=CCO[C@H]1C[C@H](n2cc(I)c(=O)[nH]c2=O)O[C@@H]1CO[Si](C)(C)C(C)(C)C. The molecule has 1 aliphatic heterocycles. The van der Waals surface area contributed by atoms with Gasteiger partial charge < -0.3 is 13.9 Å². The van der Waals surface area contributed by atoms with Gasteiger partial charge in [-0.15, -0.1) is 6.58 Å². The van der Waals surface area contributed by atoms with E-state index >= 15 is 0 Å². The standard InChI is InChI=1S/C18H29IN2O5Si/c1-7-8-24-13-9-15(21-10-12(19)16(22)20-17(21)23)26-14(13)11-25-27(5,6)18(2,3)4/h7,10,13-15H,1,8-9,11H2,2-6H3,(H,20,22,23)/t13-,14+,15+/m0/s1. The number of aromatic amines is 1. The number of aromatic nitrogens is 2. The molecule has 0 spiro atoms. The number of ether oxygens (including phenoxy) is 2. The number of hydrogen-bond acceptors (Lipinski definition) is 5. The van der Waals surface area contributed by atoms with E-state index in [9.17, 15) is 9.59 Å². The third kappa shape index (κ3) is 5.40. The normalized spacial score (nSPS) is 23.6. The van der Waals surface area contributed by atoms with E-state index in [1.807, 2.05) is 22.6 Å². The first-order chi connectivity index (χ1) is 12.5. The molecule has 152 valence electrons. The van der Waals surface area contributed by atoms with Crippen molar-refractivity contribution >= 4 is 30.9 Å². The summed E-state index contributed by atoms with van der Waals surface area (Å²) in [6.07, 6.45) is 2.70. The second-order valence-corrected chi connectivity index (χ2v) is 14.2. The minimum Gasteiger partial charge on any atom is -0.414 e. The highest BCUT2D eigenvalue weighted by molar-refractivity contribution is 14.1. The Morgan fingerprint density at radius 2 is 2.11 bits per heavy atom. The number of rotatable bonds is 7. The van der Waals surface area contributed by atoms with E-state index in [1.54, 1.807) is 6.08 Å². The zero-order valence-corrected chi connectivity index (χ0v) is 19.7. The molecule has 0 bridgehead atoms. The Morgan fingerprint density at radius 1 is 1.44 bits per heavy atom. The largest absolute Gasteiger partial charge is 0.414 e. The van der Waals surface area contributed by atoms with Gasteiger partial charge in [-0.05, 0) is 40.7 Å². The highest BCUT2D eigenvalue weighted by atomic mass is 127. The number of nitrogens with zero attached hydrogens (tertiary/aromatic N) is 1. The quantitative estimate of drug-likeness (QED) is 0.348. The molecule has 1 fully saturated rings. The Hall–Kier alpha value is -0.753. The highest BCUT2D eigenvalue weighted by Gasteiger charge is 2.42. The molecule has 0 unspecified atom stereocenters. The Kier molecular flexibility index (Phi) is 7.28. The third-order valence-electron chi connectivity index (χ3n) is 5.26. The average Bonchev–Trinajstić information content (AvgIpc) is 2.96. The summed E-state index contributed by atoms with van der Waals surface area (Å²) >= 11 is 1.90. The first-order valence-electron chi connectivity index (χ1n) is 8.99. The smallest absolute Gasteiger partial charge is 0.330 e. The minimum atomic E-state index is -1.93. The van der Waals surface area contributed by atoms with Crippen LogP contribution < -0.4 is 11.2 Å². The summed E-state index contributed by atoms with van der Waals surface area (Å²) in [6, 6.07) is 0. The van der Waals surface area contributed by atoms with Crippen molar-refractivity contribution in [3.05, 3.63) is 43.3 Å². The molecule has 0 amide bonds. The van der Waals surface area contributed by atoms with E-state index in [0.29, 0.717) is 23.2 Å². The Balaban J connectivity index is 2.19. The zero-order chi connectivity index (χ0) is 20.4. The molecule has 1 N–H and O–H groups in total. The maximum Gasteiger partial charge on any atom is 0.330 e. The Bertz CT molecular complexity index is 783. The minimum absolute atomic E-state index is 0.0917. The zero-order valence-electron chi connectivity index (χ0n) is 16.6. The topological polar surface area (TPSA) is 82.6 Å². The molecular formula is C18H29IN2O5Si. The monoisotopic (exact) mass is 508 g/mol. The van der Waals surface area contributed by atoms with Gasteiger partial charge in [0, 0.05) is 12.6 Å². The van der Waals surface area contributed by atoms with Crippen molar-refractivity contribution in [3.8, 4) is 0 Å². The van der Waals surface area contributed by atoms with Gasteiger partial charge in [-0.25, -0.2) is 4.79 Å². The first-order valence-corrected chi connectivity index (χ1v) is 13.0. The molecule has 7 nitrogen and oxygen atoms in total. The van der Waals surface area contributed by atoms with Gasteiger partial charge in [-0.3, -0.25) is 14.3 Å². The summed E-state index contributed by atoms with van der Waals surface area (Å²) in [7, 11) is -1.93. The molecule has 2 heterocycles. The molecule has 27 heavy (non-hydrogen) atoms. The van der Waals surface area contributed by atoms with E-state index < -0.39 is 25.8 Å². The van der Waals surface area contributed by atoms with Crippen molar-refractivity contribution in [1.29, 1.82) is 0 Å². The molecule has 1 aromatic rings. The fourth-order valence-corrected chi connectivity index (χ4v) is 4.02. The molecule has 1 saturated heterocycles. The van der Waals surface area contributed by atoms with Crippen LogP contribution in [-0.2, 0) is 13.9 Å². The highest BCUT2D eigenvalue weighted by Crippen LogP contribution is 2.38. The van der Waals surface area contributed by atoms with Crippen LogP contribution in [0.25, 0.3) is 0 Å². The number of hydrogen-bond donors (Lipinski definition) is 1. The van der Waals surface area contributed by atoms with Gasteiger partial charge in [0.1, 0.15) is 12.3 Å². The van der Waals surface area contributed by atoms with Crippen molar-refractivity contribution in [2.75, 3.05) is 13.2 Å². The lowest BCUT2D eigenvalue weighted by Gasteiger charge is -2.37. The van der Waals surface area contributed by atoms with E-state index in [2.05, 4.69) is 45.4 Å². The van der Waals surface area contributed by atoms with Gasteiger partial charge >= 0.3 is 5.69 Å². The predicted octanol–water partition coefficient (Wildman–Crippen LogP) is 3.02. The van der Waals surface area contributed by atoms with Gasteiger partial charge in [-0.2, -0.15) is 0 Å². The van der Waals surface area contributed by atoms with E-state index in [-0.39, 0.29) is 17.2 Å². The van der Waals surface area contributed by atoms with Crippen LogP contribution in [0, 0.1) is 3.57 Å². The van der Waals surface area contributed by atoms with Crippen molar-refractivity contribution in [1.82, 2.24) is 9.55 Å². The molecule has 0 saturated carbocycles. The van der Waals surface area contributed by atoms with E-state index in [1.165, 1.54) is 10.8 Å². The second kappa shape index (κ2) is 8.72. The maximum atomic E-state index is 12.2. The summed E-state index contributed by atoms with van der Waals surface area (Å²) in [6.45, 7) is 15.4. The third-order valence-corrected chi connectivity index (χ3v) is 10.5. The first kappa shape index (κ1) is 22.5. The fraction of sp³-hybridized carbons (Fsp3) is 0.667. The van der Waals surface area contributed by atoms with Crippen LogP contribution in [0.5, 0.6) is 0 Å².